The molecule has 3 atom stereocenters. The third-order valence-corrected chi connectivity index (χ3v) is 8.40. The number of carbonyl (C=O) groups excluding carboxylic acids is 3. The molecule has 4 rings (SSSR count). The van der Waals surface area contributed by atoms with Crippen LogP contribution in [-0.2, 0) is 30.8 Å². The number of benzene rings is 1. The number of fused-ring (bicyclic) bond motifs is 1. The molecule has 2 aliphatic heterocycles. The maximum absolute atomic E-state index is 13.1. The minimum Gasteiger partial charge on any atom is -0.334 e. The first-order valence-electron chi connectivity index (χ1n) is 10.7. The second-order valence-electron chi connectivity index (χ2n) is 8.64. The number of rotatable bonds is 6. The van der Waals surface area contributed by atoms with Crippen LogP contribution in [0.15, 0.2) is 30.3 Å². The summed E-state index contributed by atoms with van der Waals surface area (Å²) in [7, 11) is -3.14. The molecule has 7 nitrogen and oxygen atoms in total. The summed E-state index contributed by atoms with van der Waals surface area (Å²) in [5.41, 5.74) is 0.925. The maximum Gasteiger partial charge on any atom is 0.233 e. The van der Waals surface area contributed by atoms with Gasteiger partial charge in [-0.3, -0.25) is 19.3 Å². The number of amides is 3. The van der Waals surface area contributed by atoms with Gasteiger partial charge in [-0.15, -0.1) is 0 Å². The molecule has 0 radical (unpaired) electrons. The maximum atomic E-state index is 13.1. The van der Waals surface area contributed by atoms with E-state index in [0.29, 0.717) is 13.0 Å². The van der Waals surface area contributed by atoms with E-state index < -0.39 is 9.84 Å². The number of carbonyl (C=O) groups is 3. The molecule has 2 saturated heterocycles. The molecule has 1 saturated carbocycles. The largest absolute Gasteiger partial charge is 0.334 e. The van der Waals surface area contributed by atoms with Crippen molar-refractivity contribution in [2.24, 2.45) is 11.8 Å². The summed E-state index contributed by atoms with van der Waals surface area (Å²) in [4.78, 5) is 41.3. The van der Waals surface area contributed by atoms with E-state index in [1.807, 2.05) is 30.3 Å². The van der Waals surface area contributed by atoms with Crippen molar-refractivity contribution in [3.05, 3.63) is 35.9 Å². The fourth-order valence-corrected chi connectivity index (χ4v) is 6.76. The van der Waals surface area contributed by atoms with E-state index in [2.05, 4.69) is 0 Å². The number of hydrogen-bond donors (Lipinski definition) is 0. The van der Waals surface area contributed by atoms with Gasteiger partial charge in [0.1, 0.15) is 0 Å². The summed E-state index contributed by atoms with van der Waals surface area (Å²) >= 11 is 0. The molecule has 0 unspecified atom stereocenters. The topological polar surface area (TPSA) is 91.8 Å². The van der Waals surface area contributed by atoms with Gasteiger partial charge in [0, 0.05) is 25.6 Å². The first-order valence-corrected chi connectivity index (χ1v) is 12.6. The number of hydrogen-bond acceptors (Lipinski definition) is 5. The van der Waals surface area contributed by atoms with Crippen molar-refractivity contribution in [1.82, 2.24) is 9.80 Å². The van der Waals surface area contributed by atoms with Crippen molar-refractivity contribution in [2.75, 3.05) is 18.1 Å². The minimum absolute atomic E-state index is 0.0281. The normalized spacial score (nSPS) is 27.9. The average molecular weight is 433 g/mol. The molecule has 30 heavy (non-hydrogen) atoms. The van der Waals surface area contributed by atoms with Gasteiger partial charge in [-0.25, -0.2) is 8.42 Å². The van der Waals surface area contributed by atoms with Gasteiger partial charge in [0.15, 0.2) is 9.84 Å². The highest BCUT2D eigenvalue weighted by Gasteiger charge is 2.48. The Balaban J connectivity index is 1.45. The zero-order valence-corrected chi connectivity index (χ0v) is 17.9. The van der Waals surface area contributed by atoms with E-state index in [9.17, 15) is 22.8 Å². The second-order valence-corrected chi connectivity index (χ2v) is 10.9. The smallest absolute Gasteiger partial charge is 0.233 e. The van der Waals surface area contributed by atoms with Crippen LogP contribution in [0.3, 0.4) is 0 Å². The highest BCUT2D eigenvalue weighted by atomic mass is 32.2. The van der Waals surface area contributed by atoms with E-state index in [0.717, 1.165) is 31.2 Å². The molecular formula is C22H28N2O5S. The number of imide groups is 1. The first-order chi connectivity index (χ1) is 14.4. The third kappa shape index (κ3) is 4.29. The summed E-state index contributed by atoms with van der Waals surface area (Å²) in [6, 6.07) is 9.10. The van der Waals surface area contributed by atoms with Crippen LogP contribution in [0, 0.1) is 11.8 Å². The first kappa shape index (κ1) is 21.0. The lowest BCUT2D eigenvalue weighted by Crippen LogP contribution is -2.42. The van der Waals surface area contributed by atoms with Gasteiger partial charge in [-0.05, 0) is 24.8 Å². The van der Waals surface area contributed by atoms with Crippen LogP contribution in [0.25, 0.3) is 0 Å². The summed E-state index contributed by atoms with van der Waals surface area (Å²) in [5.74, 6) is -0.883. The summed E-state index contributed by atoms with van der Waals surface area (Å²) in [6.07, 6.45) is 3.88. The lowest BCUT2D eigenvalue weighted by atomic mass is 9.81. The molecule has 1 aromatic rings. The lowest BCUT2D eigenvalue weighted by Gasteiger charge is -2.29. The van der Waals surface area contributed by atoms with Gasteiger partial charge >= 0.3 is 0 Å². The molecule has 1 aromatic carbocycles. The standard InChI is InChI=1S/C22H28N2O5S/c25-20(10-12-23-21(26)18-8-4-5-9-19(18)22(23)27)24(14-16-6-2-1-3-7-16)17-11-13-30(28,29)15-17/h1-3,6-7,17-19H,4-5,8-15H2/t17-,18+,19+/m0/s1. The average Bonchev–Trinajstić information content (AvgIpc) is 3.22. The Hall–Kier alpha value is -2.22. The van der Waals surface area contributed by atoms with Gasteiger partial charge in [0.25, 0.3) is 0 Å². The summed E-state index contributed by atoms with van der Waals surface area (Å²) in [5, 5.41) is 0. The third-order valence-electron chi connectivity index (χ3n) is 6.65. The van der Waals surface area contributed by atoms with Crippen molar-refractivity contribution in [2.45, 2.75) is 51.1 Å². The van der Waals surface area contributed by atoms with E-state index in [-0.39, 0.29) is 60.1 Å². The molecule has 2 heterocycles. The van der Waals surface area contributed by atoms with Gasteiger partial charge in [0.05, 0.1) is 23.3 Å². The molecule has 162 valence electrons. The Morgan fingerprint density at radius 3 is 2.20 bits per heavy atom. The fourth-order valence-electron chi connectivity index (χ4n) is 5.02. The predicted molar refractivity (Wildman–Crippen MR) is 111 cm³/mol. The molecule has 0 aromatic heterocycles. The molecule has 1 aliphatic carbocycles. The van der Waals surface area contributed by atoms with E-state index in [1.54, 1.807) is 4.90 Å². The van der Waals surface area contributed by atoms with Gasteiger partial charge in [-0.1, -0.05) is 43.2 Å². The van der Waals surface area contributed by atoms with Crippen molar-refractivity contribution in [3.63, 3.8) is 0 Å². The monoisotopic (exact) mass is 432 g/mol. The number of nitrogens with zero attached hydrogens (tertiary/aromatic N) is 2. The van der Waals surface area contributed by atoms with Crippen molar-refractivity contribution >= 4 is 27.6 Å². The second kappa shape index (κ2) is 8.49. The highest BCUT2D eigenvalue weighted by Crippen LogP contribution is 2.38. The molecule has 3 fully saturated rings. The van der Waals surface area contributed by atoms with E-state index in [4.69, 9.17) is 0 Å². The molecule has 3 aliphatic rings. The summed E-state index contributed by atoms with van der Waals surface area (Å²) in [6.45, 7) is 0.404. The highest BCUT2D eigenvalue weighted by molar-refractivity contribution is 7.91. The Bertz CT molecular complexity index is 906. The van der Waals surface area contributed by atoms with Crippen molar-refractivity contribution in [1.29, 1.82) is 0 Å². The molecule has 8 heteroatoms. The fraction of sp³-hybridized carbons (Fsp3) is 0.591. The van der Waals surface area contributed by atoms with Gasteiger partial charge in [-0.2, -0.15) is 0 Å². The van der Waals surface area contributed by atoms with Crippen LogP contribution in [0.2, 0.25) is 0 Å². The van der Waals surface area contributed by atoms with E-state index in [1.165, 1.54) is 4.90 Å². The van der Waals surface area contributed by atoms with Gasteiger partial charge < -0.3 is 4.90 Å². The van der Waals surface area contributed by atoms with E-state index >= 15 is 0 Å². The molecule has 3 amide bonds. The molecular weight excluding hydrogens is 404 g/mol. The van der Waals surface area contributed by atoms with Gasteiger partial charge in [0.2, 0.25) is 17.7 Å². The quantitative estimate of drug-likeness (QED) is 0.639. The molecule has 0 bridgehead atoms. The Kier molecular flexibility index (Phi) is 5.95. The Morgan fingerprint density at radius 1 is 1.00 bits per heavy atom. The van der Waals surface area contributed by atoms with Crippen LogP contribution in [0.4, 0.5) is 0 Å². The predicted octanol–water partition coefficient (Wildman–Crippen LogP) is 1.77. The van der Waals surface area contributed by atoms with Crippen LogP contribution in [0.1, 0.15) is 44.1 Å². The van der Waals surface area contributed by atoms with Crippen LogP contribution < -0.4 is 0 Å². The zero-order chi connectivity index (χ0) is 21.3. The van der Waals surface area contributed by atoms with Crippen LogP contribution in [0.5, 0.6) is 0 Å². The van der Waals surface area contributed by atoms with Crippen molar-refractivity contribution < 1.29 is 22.8 Å². The lowest BCUT2D eigenvalue weighted by molar-refractivity contribution is -0.141. The number of sulfone groups is 1. The minimum atomic E-state index is -3.14. The zero-order valence-electron chi connectivity index (χ0n) is 17.0. The SMILES string of the molecule is O=C1[C@@H]2CCCC[C@H]2C(=O)N1CCC(=O)N(Cc1ccccc1)[C@H]1CCS(=O)(=O)C1. The Labute approximate surface area is 177 Å². The number of likely N-dealkylation sites (tertiary alicyclic amines) is 1. The Morgan fingerprint density at radius 2 is 1.63 bits per heavy atom. The van der Waals surface area contributed by atoms with Crippen molar-refractivity contribution in [3.8, 4) is 0 Å². The van der Waals surface area contributed by atoms with Crippen LogP contribution >= 0.6 is 0 Å². The molecule has 0 N–H and O–H groups in total. The summed E-state index contributed by atoms with van der Waals surface area (Å²) < 4.78 is 24.0. The molecule has 0 spiro atoms. The van der Waals surface area contributed by atoms with Crippen LogP contribution in [-0.4, -0.2) is 60.0 Å².